The molecule has 6 heteroatoms. The Morgan fingerprint density at radius 3 is 2.62 bits per heavy atom. The molecule has 0 aliphatic heterocycles. The van der Waals surface area contributed by atoms with Crippen molar-refractivity contribution < 1.29 is 22.3 Å². The summed E-state index contributed by atoms with van der Waals surface area (Å²) in [6.45, 7) is 3.29. The number of furan rings is 1. The van der Waals surface area contributed by atoms with E-state index in [1.807, 2.05) is 6.92 Å². The van der Waals surface area contributed by atoms with Gasteiger partial charge in [-0.3, -0.25) is 0 Å². The van der Waals surface area contributed by atoms with E-state index in [1.54, 1.807) is 18.2 Å². The van der Waals surface area contributed by atoms with Crippen LogP contribution in [-0.4, -0.2) is 12.9 Å². The molecular weight excluding hydrogens is 283 g/mol. The summed E-state index contributed by atoms with van der Waals surface area (Å²) in [6, 6.07) is 7.67. The van der Waals surface area contributed by atoms with Crippen molar-refractivity contribution in [2.75, 3.05) is 6.54 Å². The summed E-state index contributed by atoms with van der Waals surface area (Å²) in [7, 11) is 0. The molecule has 2 rings (SSSR count). The number of nitrogens with one attached hydrogen (secondary N) is 1. The third-order valence-corrected chi connectivity index (χ3v) is 2.86. The Balaban J connectivity index is 2.28. The van der Waals surface area contributed by atoms with Crippen LogP contribution in [0.25, 0.3) is 11.1 Å². The van der Waals surface area contributed by atoms with Gasteiger partial charge >= 0.3 is 6.36 Å². The molecule has 2 aromatic rings. The van der Waals surface area contributed by atoms with Gasteiger partial charge in [-0.05, 0) is 25.1 Å². The van der Waals surface area contributed by atoms with Crippen LogP contribution in [0.3, 0.4) is 0 Å². The van der Waals surface area contributed by atoms with Gasteiger partial charge in [-0.2, -0.15) is 0 Å². The van der Waals surface area contributed by atoms with Crippen molar-refractivity contribution in [3.05, 3.63) is 42.4 Å². The Hall–Kier alpha value is -1.95. The van der Waals surface area contributed by atoms with Crippen LogP contribution >= 0.6 is 0 Å². The van der Waals surface area contributed by atoms with Crippen LogP contribution in [0.5, 0.6) is 5.75 Å². The standard InChI is InChI=1S/C15H16F3NO2/c1-2-8-19-10-14-12(7-9-20-14)11-5-3-4-6-13(11)21-15(16,17)18/h3-7,9,19H,2,8,10H2,1H3. The van der Waals surface area contributed by atoms with Crippen LogP contribution in [0, 0.1) is 0 Å². The minimum absolute atomic E-state index is 0.233. The number of ether oxygens (including phenoxy) is 1. The predicted octanol–water partition coefficient (Wildman–Crippen LogP) is 4.34. The maximum atomic E-state index is 12.5. The summed E-state index contributed by atoms with van der Waals surface area (Å²) in [6.07, 6.45) is -2.30. The van der Waals surface area contributed by atoms with Gasteiger partial charge in [0.15, 0.2) is 0 Å². The maximum Gasteiger partial charge on any atom is 0.573 e. The molecule has 1 N–H and O–H groups in total. The fraction of sp³-hybridized carbons (Fsp3) is 0.333. The first-order chi connectivity index (χ1) is 10.0. The summed E-state index contributed by atoms with van der Waals surface area (Å²) in [5, 5.41) is 3.16. The highest BCUT2D eigenvalue weighted by Crippen LogP contribution is 2.35. The van der Waals surface area contributed by atoms with Crippen LogP contribution in [-0.2, 0) is 6.54 Å². The Kier molecular flexibility index (Phi) is 4.90. The van der Waals surface area contributed by atoms with Gasteiger partial charge in [0.25, 0.3) is 0 Å². The van der Waals surface area contributed by atoms with E-state index in [2.05, 4.69) is 10.1 Å². The number of para-hydroxylation sites is 1. The number of benzene rings is 1. The maximum absolute atomic E-state index is 12.5. The third kappa shape index (κ3) is 4.26. The van der Waals surface area contributed by atoms with Gasteiger partial charge in [0.2, 0.25) is 0 Å². The second kappa shape index (κ2) is 6.67. The van der Waals surface area contributed by atoms with E-state index < -0.39 is 6.36 Å². The smallest absolute Gasteiger partial charge is 0.467 e. The molecule has 0 unspecified atom stereocenters. The minimum Gasteiger partial charge on any atom is -0.467 e. The molecule has 0 radical (unpaired) electrons. The highest BCUT2D eigenvalue weighted by atomic mass is 19.4. The van der Waals surface area contributed by atoms with E-state index >= 15 is 0 Å². The van der Waals surface area contributed by atoms with Crippen molar-refractivity contribution in [3.63, 3.8) is 0 Å². The average molecular weight is 299 g/mol. The number of alkyl halides is 3. The van der Waals surface area contributed by atoms with Gasteiger partial charge in [-0.25, -0.2) is 0 Å². The number of hydrogen-bond donors (Lipinski definition) is 1. The van der Waals surface area contributed by atoms with E-state index in [9.17, 15) is 13.2 Å². The molecular formula is C15H16F3NO2. The van der Waals surface area contributed by atoms with Crippen LogP contribution in [0.15, 0.2) is 41.0 Å². The molecule has 114 valence electrons. The topological polar surface area (TPSA) is 34.4 Å². The third-order valence-electron chi connectivity index (χ3n) is 2.86. The molecule has 1 aromatic carbocycles. The number of rotatable bonds is 6. The van der Waals surface area contributed by atoms with E-state index in [0.717, 1.165) is 13.0 Å². The van der Waals surface area contributed by atoms with Crippen molar-refractivity contribution in [1.29, 1.82) is 0 Å². The fourth-order valence-electron chi connectivity index (χ4n) is 2.00. The molecule has 0 atom stereocenters. The molecule has 0 fully saturated rings. The second-order valence-corrected chi connectivity index (χ2v) is 4.48. The summed E-state index contributed by atoms with van der Waals surface area (Å²) >= 11 is 0. The van der Waals surface area contributed by atoms with Gasteiger partial charge in [-0.1, -0.05) is 25.1 Å². The SMILES string of the molecule is CCCNCc1occc1-c1ccccc1OC(F)(F)F. The summed E-state index contributed by atoms with van der Waals surface area (Å²) < 4.78 is 46.8. The molecule has 1 aromatic heterocycles. The largest absolute Gasteiger partial charge is 0.573 e. The first-order valence-electron chi connectivity index (χ1n) is 6.63. The van der Waals surface area contributed by atoms with Gasteiger partial charge < -0.3 is 14.5 Å². The quantitative estimate of drug-likeness (QED) is 0.805. The lowest BCUT2D eigenvalue weighted by atomic mass is 10.1. The van der Waals surface area contributed by atoms with E-state index in [4.69, 9.17) is 4.42 Å². The molecule has 0 spiro atoms. The highest BCUT2D eigenvalue weighted by Gasteiger charge is 2.32. The number of halogens is 3. The Morgan fingerprint density at radius 1 is 1.14 bits per heavy atom. The van der Waals surface area contributed by atoms with Crippen LogP contribution in [0.2, 0.25) is 0 Å². The van der Waals surface area contributed by atoms with Crippen molar-refractivity contribution in [1.82, 2.24) is 5.32 Å². The van der Waals surface area contributed by atoms with Gasteiger partial charge in [0.05, 0.1) is 12.8 Å². The molecule has 21 heavy (non-hydrogen) atoms. The average Bonchev–Trinajstić information content (AvgIpc) is 2.86. The zero-order chi connectivity index (χ0) is 15.3. The lowest BCUT2D eigenvalue weighted by Gasteiger charge is -2.13. The Labute approximate surface area is 120 Å². The zero-order valence-corrected chi connectivity index (χ0v) is 11.5. The van der Waals surface area contributed by atoms with Crippen molar-refractivity contribution >= 4 is 0 Å². The van der Waals surface area contributed by atoms with Crippen LogP contribution < -0.4 is 10.1 Å². The minimum atomic E-state index is -4.72. The van der Waals surface area contributed by atoms with Crippen molar-refractivity contribution in [2.45, 2.75) is 26.3 Å². The summed E-state index contributed by atoms with van der Waals surface area (Å²) in [4.78, 5) is 0. The van der Waals surface area contributed by atoms with Gasteiger partial charge in [-0.15, -0.1) is 13.2 Å². The normalized spacial score (nSPS) is 11.6. The number of hydrogen-bond acceptors (Lipinski definition) is 3. The Bertz CT molecular complexity index is 578. The fourth-order valence-corrected chi connectivity index (χ4v) is 2.00. The van der Waals surface area contributed by atoms with E-state index in [0.29, 0.717) is 23.4 Å². The molecule has 0 saturated heterocycles. The van der Waals surface area contributed by atoms with E-state index in [1.165, 1.54) is 18.4 Å². The molecule has 3 nitrogen and oxygen atoms in total. The highest BCUT2D eigenvalue weighted by molar-refractivity contribution is 5.72. The molecule has 1 heterocycles. The molecule has 0 aliphatic carbocycles. The first-order valence-corrected chi connectivity index (χ1v) is 6.63. The van der Waals surface area contributed by atoms with Gasteiger partial charge in [0, 0.05) is 11.1 Å². The predicted molar refractivity (Wildman–Crippen MR) is 72.8 cm³/mol. The van der Waals surface area contributed by atoms with E-state index in [-0.39, 0.29) is 5.75 Å². The lowest BCUT2D eigenvalue weighted by molar-refractivity contribution is -0.274. The van der Waals surface area contributed by atoms with Crippen LogP contribution in [0.4, 0.5) is 13.2 Å². The first kappa shape index (κ1) is 15.4. The monoisotopic (exact) mass is 299 g/mol. The molecule has 0 amide bonds. The lowest BCUT2D eigenvalue weighted by Crippen LogP contribution is -2.18. The second-order valence-electron chi connectivity index (χ2n) is 4.48. The molecule has 0 bridgehead atoms. The van der Waals surface area contributed by atoms with Crippen LogP contribution in [0.1, 0.15) is 19.1 Å². The zero-order valence-electron chi connectivity index (χ0n) is 11.5. The molecule has 0 saturated carbocycles. The summed E-state index contributed by atoms with van der Waals surface area (Å²) in [5.41, 5.74) is 0.954. The molecule has 0 aliphatic rings. The van der Waals surface area contributed by atoms with Crippen molar-refractivity contribution in [2.24, 2.45) is 0 Å². The van der Waals surface area contributed by atoms with Gasteiger partial charge in [0.1, 0.15) is 11.5 Å². The Morgan fingerprint density at radius 2 is 1.90 bits per heavy atom. The summed E-state index contributed by atoms with van der Waals surface area (Å²) in [5.74, 6) is 0.352. The van der Waals surface area contributed by atoms with Crippen molar-refractivity contribution in [3.8, 4) is 16.9 Å².